The van der Waals surface area contributed by atoms with Crippen molar-refractivity contribution in [3.8, 4) is 0 Å². The maximum absolute atomic E-state index is 14.3. The lowest BCUT2D eigenvalue weighted by atomic mass is 10.1. The minimum absolute atomic E-state index is 0.264. The Morgan fingerprint density at radius 3 is 2.77 bits per heavy atom. The van der Waals surface area contributed by atoms with Gasteiger partial charge in [-0.25, -0.2) is 14.1 Å². The Morgan fingerprint density at radius 1 is 1.10 bits per heavy atom. The molecule has 0 radical (unpaired) electrons. The van der Waals surface area contributed by atoms with Crippen LogP contribution < -0.4 is 10.2 Å². The zero-order chi connectivity index (χ0) is 21.2. The largest absolute Gasteiger partial charge is 0.378 e. The molecule has 0 aliphatic carbocycles. The molecule has 1 aromatic carbocycles. The van der Waals surface area contributed by atoms with Crippen LogP contribution in [0.1, 0.15) is 12.5 Å². The van der Waals surface area contributed by atoms with Gasteiger partial charge in [-0.15, -0.1) is 0 Å². The fourth-order valence-electron chi connectivity index (χ4n) is 3.67. The van der Waals surface area contributed by atoms with Gasteiger partial charge in [-0.3, -0.25) is 4.68 Å². The first-order chi connectivity index (χ1) is 15.2. The van der Waals surface area contributed by atoms with Crippen molar-refractivity contribution < 1.29 is 9.13 Å². The van der Waals surface area contributed by atoms with Crippen LogP contribution >= 0.6 is 0 Å². The number of anilines is 3. The number of halogens is 1. The standard InChI is InChI=1S/C21H23FN8O/c1-2-29-14-18(12-24-29)26-21-23-10-16-11-25-30(20(16)27-21)13-15-7-17(22)9-19(8-15)28-3-5-31-6-4-28/h7-12,14H,2-6,13H2,1H3,(H,23,26,27). The molecule has 0 spiro atoms. The van der Waals surface area contributed by atoms with Gasteiger partial charge in [-0.05, 0) is 30.7 Å². The van der Waals surface area contributed by atoms with E-state index in [4.69, 9.17) is 4.74 Å². The number of aromatic nitrogens is 6. The summed E-state index contributed by atoms with van der Waals surface area (Å²) in [5, 5.41) is 12.7. The van der Waals surface area contributed by atoms with E-state index in [1.165, 1.54) is 6.07 Å². The van der Waals surface area contributed by atoms with Gasteiger partial charge in [0.05, 0.1) is 43.2 Å². The summed E-state index contributed by atoms with van der Waals surface area (Å²) in [4.78, 5) is 11.1. The summed E-state index contributed by atoms with van der Waals surface area (Å²) in [6, 6.07) is 5.11. The molecule has 10 heteroatoms. The molecular formula is C21H23FN8O. The second-order valence-corrected chi connectivity index (χ2v) is 7.40. The van der Waals surface area contributed by atoms with Crippen molar-refractivity contribution in [1.82, 2.24) is 29.5 Å². The average molecular weight is 422 g/mol. The van der Waals surface area contributed by atoms with Crippen molar-refractivity contribution in [3.05, 3.63) is 54.4 Å². The van der Waals surface area contributed by atoms with Gasteiger partial charge in [0.15, 0.2) is 5.65 Å². The van der Waals surface area contributed by atoms with Gasteiger partial charge in [-0.2, -0.15) is 15.2 Å². The van der Waals surface area contributed by atoms with Gasteiger partial charge in [0.2, 0.25) is 5.95 Å². The number of fused-ring (bicyclic) bond motifs is 1. The van der Waals surface area contributed by atoms with Crippen molar-refractivity contribution in [3.63, 3.8) is 0 Å². The number of aryl methyl sites for hydroxylation is 1. The zero-order valence-electron chi connectivity index (χ0n) is 17.2. The molecular weight excluding hydrogens is 399 g/mol. The lowest BCUT2D eigenvalue weighted by molar-refractivity contribution is 0.122. The van der Waals surface area contributed by atoms with Gasteiger partial charge in [0.1, 0.15) is 5.82 Å². The fraction of sp³-hybridized carbons (Fsp3) is 0.333. The molecule has 0 saturated carbocycles. The molecule has 9 nitrogen and oxygen atoms in total. The molecule has 0 unspecified atom stereocenters. The molecule has 5 rings (SSSR count). The van der Waals surface area contributed by atoms with Crippen LogP contribution in [0.2, 0.25) is 0 Å². The van der Waals surface area contributed by atoms with E-state index in [0.717, 1.165) is 42.0 Å². The van der Waals surface area contributed by atoms with Crippen molar-refractivity contribution in [2.45, 2.75) is 20.0 Å². The van der Waals surface area contributed by atoms with Crippen LogP contribution in [0, 0.1) is 5.82 Å². The Balaban J connectivity index is 1.40. The first-order valence-electron chi connectivity index (χ1n) is 10.3. The second-order valence-electron chi connectivity index (χ2n) is 7.40. The molecule has 1 N–H and O–H groups in total. The third kappa shape index (κ3) is 4.19. The number of rotatable bonds is 6. The maximum Gasteiger partial charge on any atom is 0.229 e. The van der Waals surface area contributed by atoms with Gasteiger partial charge in [0, 0.05) is 37.7 Å². The first-order valence-corrected chi connectivity index (χ1v) is 10.3. The van der Waals surface area contributed by atoms with Crippen LogP contribution in [0.15, 0.2) is 43.0 Å². The lowest BCUT2D eigenvalue weighted by Crippen LogP contribution is -2.36. The van der Waals surface area contributed by atoms with Crippen molar-refractivity contribution in [2.75, 3.05) is 36.5 Å². The van der Waals surface area contributed by atoms with Crippen molar-refractivity contribution in [2.24, 2.45) is 0 Å². The fourth-order valence-corrected chi connectivity index (χ4v) is 3.67. The zero-order valence-corrected chi connectivity index (χ0v) is 17.2. The third-order valence-corrected chi connectivity index (χ3v) is 5.24. The summed E-state index contributed by atoms with van der Waals surface area (Å²) in [5.74, 6) is 0.193. The quantitative estimate of drug-likeness (QED) is 0.511. The molecule has 1 saturated heterocycles. The van der Waals surface area contributed by atoms with E-state index < -0.39 is 0 Å². The number of hydrogen-bond donors (Lipinski definition) is 1. The van der Waals surface area contributed by atoms with Crippen LogP contribution in [0.4, 0.5) is 21.7 Å². The maximum atomic E-state index is 14.3. The molecule has 160 valence electrons. The van der Waals surface area contributed by atoms with E-state index in [2.05, 4.69) is 30.4 Å². The minimum atomic E-state index is -0.264. The summed E-state index contributed by atoms with van der Waals surface area (Å²) in [7, 11) is 0. The number of benzene rings is 1. The summed E-state index contributed by atoms with van der Waals surface area (Å²) < 4.78 is 23.3. The molecule has 1 aliphatic heterocycles. The lowest BCUT2D eigenvalue weighted by Gasteiger charge is -2.29. The normalized spacial score (nSPS) is 14.3. The molecule has 31 heavy (non-hydrogen) atoms. The highest BCUT2D eigenvalue weighted by Crippen LogP contribution is 2.22. The molecule has 0 bridgehead atoms. The minimum Gasteiger partial charge on any atom is -0.378 e. The van der Waals surface area contributed by atoms with Crippen LogP contribution in [-0.2, 0) is 17.8 Å². The summed E-state index contributed by atoms with van der Waals surface area (Å²) in [6.07, 6.45) is 7.07. The molecule has 4 heterocycles. The predicted octanol–water partition coefficient (Wildman–Crippen LogP) is 2.81. The molecule has 1 fully saturated rings. The number of morpholine rings is 1. The second kappa shape index (κ2) is 8.31. The van der Waals surface area contributed by atoms with Gasteiger partial charge in [-0.1, -0.05) is 0 Å². The highest BCUT2D eigenvalue weighted by atomic mass is 19.1. The Bertz CT molecular complexity index is 1200. The number of ether oxygens (including phenoxy) is 1. The van der Waals surface area contributed by atoms with Crippen LogP contribution in [-0.4, -0.2) is 55.8 Å². The molecule has 4 aromatic rings. The average Bonchev–Trinajstić information content (AvgIpc) is 3.41. The summed E-state index contributed by atoms with van der Waals surface area (Å²) in [6.45, 7) is 6.03. The van der Waals surface area contributed by atoms with Crippen molar-refractivity contribution >= 4 is 28.4 Å². The summed E-state index contributed by atoms with van der Waals surface area (Å²) in [5.41, 5.74) is 3.17. The smallest absolute Gasteiger partial charge is 0.229 e. The van der Waals surface area contributed by atoms with E-state index in [0.29, 0.717) is 31.4 Å². The molecule has 1 aliphatic rings. The number of hydrogen-bond acceptors (Lipinski definition) is 7. The molecule has 0 amide bonds. The van der Waals surface area contributed by atoms with E-state index in [1.54, 1.807) is 29.3 Å². The van der Waals surface area contributed by atoms with E-state index in [1.807, 2.05) is 23.9 Å². The molecule has 0 atom stereocenters. The Kier molecular flexibility index (Phi) is 5.21. The number of nitrogens with one attached hydrogen (secondary N) is 1. The van der Waals surface area contributed by atoms with Crippen LogP contribution in [0.3, 0.4) is 0 Å². The van der Waals surface area contributed by atoms with E-state index in [-0.39, 0.29) is 5.82 Å². The highest BCUT2D eigenvalue weighted by Gasteiger charge is 2.14. The monoisotopic (exact) mass is 422 g/mol. The van der Waals surface area contributed by atoms with Gasteiger partial charge in [0.25, 0.3) is 0 Å². The topological polar surface area (TPSA) is 85.9 Å². The Morgan fingerprint density at radius 2 is 1.97 bits per heavy atom. The Hall–Kier alpha value is -3.53. The highest BCUT2D eigenvalue weighted by molar-refractivity contribution is 5.75. The number of nitrogens with zero attached hydrogens (tertiary/aromatic N) is 7. The van der Waals surface area contributed by atoms with Crippen molar-refractivity contribution in [1.29, 1.82) is 0 Å². The van der Waals surface area contributed by atoms with E-state index in [9.17, 15) is 4.39 Å². The first kappa shape index (κ1) is 19.4. The third-order valence-electron chi connectivity index (χ3n) is 5.24. The van der Waals surface area contributed by atoms with Crippen LogP contribution in [0.5, 0.6) is 0 Å². The summed E-state index contributed by atoms with van der Waals surface area (Å²) >= 11 is 0. The van der Waals surface area contributed by atoms with Gasteiger partial charge >= 0.3 is 0 Å². The molecule has 3 aromatic heterocycles. The van der Waals surface area contributed by atoms with Gasteiger partial charge < -0.3 is 15.0 Å². The SMILES string of the molecule is CCn1cc(Nc2ncc3cnn(Cc4cc(F)cc(N5CCOCC5)c4)c3n2)cn1. The Labute approximate surface area is 178 Å². The van der Waals surface area contributed by atoms with E-state index >= 15 is 0 Å². The predicted molar refractivity (Wildman–Crippen MR) is 115 cm³/mol. The van der Waals surface area contributed by atoms with Crippen LogP contribution in [0.25, 0.3) is 11.0 Å².